The molecule has 2 aliphatic rings. The summed E-state index contributed by atoms with van der Waals surface area (Å²) in [5.41, 5.74) is 0. The maximum absolute atomic E-state index is 11.9. The fourth-order valence-electron chi connectivity index (χ4n) is 3.77. The number of urea groups is 1. The molecular formula is C15H23N3O2. The van der Waals surface area contributed by atoms with E-state index in [0.717, 1.165) is 24.7 Å². The number of nitrogens with zero attached hydrogens (tertiary/aromatic N) is 1. The van der Waals surface area contributed by atoms with Crippen LogP contribution in [0.3, 0.4) is 0 Å². The van der Waals surface area contributed by atoms with Crippen LogP contribution in [-0.2, 0) is 0 Å². The Hall–Kier alpha value is -1.52. The minimum absolute atomic E-state index is 0.169. The minimum Gasteiger partial charge on any atom is -0.360 e. The summed E-state index contributed by atoms with van der Waals surface area (Å²) < 4.78 is 4.93. The van der Waals surface area contributed by atoms with E-state index in [1.807, 2.05) is 0 Å². The van der Waals surface area contributed by atoms with Gasteiger partial charge in [-0.05, 0) is 38.0 Å². The second-order valence-corrected chi connectivity index (χ2v) is 6.24. The monoisotopic (exact) mass is 277 g/mol. The highest BCUT2D eigenvalue weighted by Gasteiger charge is 2.32. The molecule has 1 aromatic heterocycles. The molecule has 0 unspecified atom stereocenters. The van der Waals surface area contributed by atoms with Gasteiger partial charge >= 0.3 is 6.03 Å². The summed E-state index contributed by atoms with van der Waals surface area (Å²) in [6.07, 6.45) is 8.99. The second kappa shape index (κ2) is 5.85. The lowest BCUT2D eigenvalue weighted by Gasteiger charge is -2.39. The van der Waals surface area contributed by atoms with E-state index in [2.05, 4.69) is 15.8 Å². The molecule has 2 aliphatic carbocycles. The molecule has 2 N–H and O–H groups in total. The molecular weight excluding hydrogens is 254 g/mol. The number of hydrogen-bond acceptors (Lipinski definition) is 3. The molecule has 5 nitrogen and oxygen atoms in total. The molecule has 3 rings (SSSR count). The van der Waals surface area contributed by atoms with Crippen LogP contribution in [-0.4, -0.2) is 17.2 Å². The number of aromatic nitrogens is 1. The Morgan fingerprint density at radius 2 is 2.05 bits per heavy atom. The summed E-state index contributed by atoms with van der Waals surface area (Å²) in [4.78, 5) is 11.9. The van der Waals surface area contributed by atoms with Gasteiger partial charge in [0.05, 0.1) is 0 Å². The number of amides is 2. The zero-order valence-corrected chi connectivity index (χ0v) is 12.0. The molecule has 0 saturated heterocycles. The summed E-state index contributed by atoms with van der Waals surface area (Å²) in [6, 6.07) is 1.86. The number of fused-ring (bicyclic) bond motifs is 1. The average molecular weight is 277 g/mol. The van der Waals surface area contributed by atoms with Crippen molar-refractivity contribution in [3.8, 4) is 0 Å². The Morgan fingerprint density at radius 1 is 1.25 bits per heavy atom. The quantitative estimate of drug-likeness (QED) is 0.870. The van der Waals surface area contributed by atoms with Crippen LogP contribution < -0.4 is 10.6 Å². The third-order valence-electron chi connectivity index (χ3n) is 4.74. The number of hydrogen-bond donors (Lipinski definition) is 2. The number of anilines is 1. The highest BCUT2D eigenvalue weighted by molar-refractivity contribution is 5.88. The van der Waals surface area contributed by atoms with E-state index >= 15 is 0 Å². The smallest absolute Gasteiger partial charge is 0.320 e. The van der Waals surface area contributed by atoms with Gasteiger partial charge < -0.3 is 9.84 Å². The van der Waals surface area contributed by atoms with Gasteiger partial charge in [0.1, 0.15) is 5.76 Å². The van der Waals surface area contributed by atoms with Crippen LogP contribution >= 0.6 is 0 Å². The topological polar surface area (TPSA) is 67.2 Å². The number of nitrogens with one attached hydrogen (secondary N) is 2. The van der Waals surface area contributed by atoms with Crippen molar-refractivity contribution in [2.24, 2.45) is 11.8 Å². The molecule has 1 heterocycles. The third-order valence-corrected chi connectivity index (χ3v) is 4.74. The van der Waals surface area contributed by atoms with Crippen molar-refractivity contribution in [1.29, 1.82) is 0 Å². The van der Waals surface area contributed by atoms with Crippen LogP contribution in [0.2, 0.25) is 0 Å². The highest BCUT2D eigenvalue weighted by atomic mass is 16.5. The van der Waals surface area contributed by atoms with E-state index in [0.29, 0.717) is 17.6 Å². The average Bonchev–Trinajstić information content (AvgIpc) is 2.83. The zero-order valence-electron chi connectivity index (χ0n) is 12.0. The van der Waals surface area contributed by atoms with E-state index in [4.69, 9.17) is 4.52 Å². The molecule has 2 saturated carbocycles. The molecule has 2 fully saturated rings. The van der Waals surface area contributed by atoms with E-state index in [1.165, 1.54) is 32.1 Å². The van der Waals surface area contributed by atoms with Crippen molar-refractivity contribution in [3.63, 3.8) is 0 Å². The Kier molecular flexibility index (Phi) is 3.94. The van der Waals surface area contributed by atoms with Crippen molar-refractivity contribution in [3.05, 3.63) is 11.8 Å². The van der Waals surface area contributed by atoms with Crippen LogP contribution in [0.1, 0.15) is 50.7 Å². The first-order chi connectivity index (χ1) is 9.70. The number of rotatable bonds is 2. The first-order valence-corrected chi connectivity index (χ1v) is 7.71. The lowest BCUT2D eigenvalue weighted by molar-refractivity contribution is 0.146. The summed E-state index contributed by atoms with van der Waals surface area (Å²) in [5.74, 6) is 2.90. The van der Waals surface area contributed by atoms with Gasteiger partial charge in [-0.15, -0.1) is 0 Å². The predicted molar refractivity (Wildman–Crippen MR) is 76.5 cm³/mol. The van der Waals surface area contributed by atoms with Crippen LogP contribution in [0.15, 0.2) is 10.6 Å². The molecule has 110 valence electrons. The summed E-state index contributed by atoms with van der Waals surface area (Å²) in [5, 5.41) is 9.57. The maximum Gasteiger partial charge on any atom is 0.320 e. The fraction of sp³-hybridized carbons (Fsp3) is 0.733. The fourth-order valence-corrected chi connectivity index (χ4v) is 3.77. The molecule has 5 heteroatoms. The predicted octanol–water partition coefficient (Wildman–Crippen LogP) is 3.46. The van der Waals surface area contributed by atoms with E-state index in [-0.39, 0.29) is 6.03 Å². The second-order valence-electron chi connectivity index (χ2n) is 6.24. The molecule has 0 aliphatic heterocycles. The molecule has 0 aromatic carbocycles. The standard InChI is InChI=1S/C15H23N3O2/c1-10-8-14(18-20-10)17-15(19)16-13-7-6-11-4-2-3-5-12(11)9-13/h8,11-13H,2-7,9H2,1H3,(H2,16,17,18,19)/t11-,12+,13+/m0/s1. The van der Waals surface area contributed by atoms with Gasteiger partial charge in [-0.3, -0.25) is 5.32 Å². The van der Waals surface area contributed by atoms with Gasteiger partial charge in [0, 0.05) is 12.1 Å². The van der Waals surface area contributed by atoms with Crippen LogP contribution in [0.25, 0.3) is 0 Å². The zero-order chi connectivity index (χ0) is 13.9. The number of carbonyl (C=O) groups is 1. The Morgan fingerprint density at radius 3 is 2.80 bits per heavy atom. The van der Waals surface area contributed by atoms with Crippen molar-refractivity contribution in [2.75, 3.05) is 5.32 Å². The Bertz CT molecular complexity index is 471. The normalized spacial score (nSPS) is 29.6. The largest absolute Gasteiger partial charge is 0.360 e. The molecule has 2 amide bonds. The molecule has 0 radical (unpaired) electrons. The first-order valence-electron chi connectivity index (χ1n) is 7.71. The van der Waals surface area contributed by atoms with E-state index in [1.54, 1.807) is 13.0 Å². The van der Waals surface area contributed by atoms with Crippen LogP contribution in [0.4, 0.5) is 10.6 Å². The first kappa shape index (κ1) is 13.5. The molecule has 3 atom stereocenters. The third kappa shape index (κ3) is 3.14. The lowest BCUT2D eigenvalue weighted by atomic mass is 9.69. The molecule has 1 aromatic rings. The molecule has 20 heavy (non-hydrogen) atoms. The minimum atomic E-state index is -0.169. The summed E-state index contributed by atoms with van der Waals surface area (Å²) in [7, 11) is 0. The van der Waals surface area contributed by atoms with Crippen molar-refractivity contribution in [2.45, 2.75) is 57.9 Å². The van der Waals surface area contributed by atoms with Crippen LogP contribution in [0, 0.1) is 18.8 Å². The summed E-state index contributed by atoms with van der Waals surface area (Å²) >= 11 is 0. The van der Waals surface area contributed by atoms with Crippen molar-refractivity contribution < 1.29 is 9.32 Å². The van der Waals surface area contributed by atoms with Gasteiger partial charge in [-0.2, -0.15) is 0 Å². The highest BCUT2D eigenvalue weighted by Crippen LogP contribution is 2.40. The number of carbonyl (C=O) groups excluding carboxylic acids is 1. The van der Waals surface area contributed by atoms with E-state index in [9.17, 15) is 4.79 Å². The van der Waals surface area contributed by atoms with Gasteiger partial charge in [-0.1, -0.05) is 30.8 Å². The number of aryl methyl sites for hydroxylation is 1. The molecule has 0 spiro atoms. The lowest BCUT2D eigenvalue weighted by Crippen LogP contribution is -2.43. The van der Waals surface area contributed by atoms with Gasteiger partial charge in [-0.25, -0.2) is 4.79 Å². The Labute approximate surface area is 119 Å². The van der Waals surface area contributed by atoms with Crippen LogP contribution in [0.5, 0.6) is 0 Å². The maximum atomic E-state index is 11.9. The molecule has 0 bridgehead atoms. The van der Waals surface area contributed by atoms with Gasteiger partial charge in [0.25, 0.3) is 0 Å². The Balaban J connectivity index is 1.49. The van der Waals surface area contributed by atoms with E-state index < -0.39 is 0 Å². The van der Waals surface area contributed by atoms with Crippen molar-refractivity contribution >= 4 is 11.8 Å². The summed E-state index contributed by atoms with van der Waals surface area (Å²) in [6.45, 7) is 1.81. The van der Waals surface area contributed by atoms with Gasteiger partial charge in [0.2, 0.25) is 0 Å². The van der Waals surface area contributed by atoms with Crippen molar-refractivity contribution in [1.82, 2.24) is 10.5 Å². The SMILES string of the molecule is Cc1cc(NC(=O)N[C@@H]2CC[C@@H]3CCCC[C@@H]3C2)no1. The van der Waals surface area contributed by atoms with Gasteiger partial charge in [0.15, 0.2) is 5.82 Å².